The molecule has 0 spiro atoms. The number of likely N-dealkylation sites (N-methyl/N-ethyl adjacent to an activating group) is 1. The number of carbonyl (C=O) groups excluding carboxylic acids is 2. The van der Waals surface area contributed by atoms with E-state index in [1.54, 1.807) is 54.3 Å². The fourth-order valence-electron chi connectivity index (χ4n) is 4.94. The number of amides is 2. The molecule has 4 rings (SSSR count). The van der Waals surface area contributed by atoms with Crippen LogP contribution in [0.1, 0.15) is 45.7 Å². The lowest BCUT2D eigenvalue weighted by Gasteiger charge is -2.38. The third-order valence-corrected chi connectivity index (χ3v) is 7.30. The van der Waals surface area contributed by atoms with Crippen LogP contribution in [0.3, 0.4) is 0 Å². The van der Waals surface area contributed by atoms with Crippen LogP contribution in [-0.2, 0) is 17.8 Å². The Morgan fingerprint density at radius 2 is 1.78 bits per heavy atom. The van der Waals surface area contributed by atoms with Crippen molar-refractivity contribution in [2.75, 3.05) is 32.1 Å². The number of aliphatic hydroxyl groups excluding tert-OH is 1. The second-order valence-corrected chi connectivity index (χ2v) is 10.7. The Balaban J connectivity index is 1.54. The van der Waals surface area contributed by atoms with Crippen LogP contribution in [0.15, 0.2) is 72.8 Å². The van der Waals surface area contributed by atoms with E-state index in [-0.39, 0.29) is 42.4 Å². The first-order valence-corrected chi connectivity index (χ1v) is 13.7. The average molecular weight is 560 g/mol. The fourth-order valence-corrected chi connectivity index (χ4v) is 4.94. The predicted octanol–water partition coefficient (Wildman–Crippen LogP) is 3.92. The summed E-state index contributed by atoms with van der Waals surface area (Å²) in [4.78, 5) is 41.3. The SMILES string of the molecule is C[C@H]1CN([C@@H](C)CO)C(=O)c2cc(NC(=O)Cc3ccccc3)ccc2O[C@@H]1CN(C)Cc1ccc(C(=O)O)cc1. The molecule has 0 saturated heterocycles. The summed E-state index contributed by atoms with van der Waals surface area (Å²) in [7, 11) is 1.96. The Morgan fingerprint density at radius 3 is 2.44 bits per heavy atom. The van der Waals surface area contributed by atoms with Gasteiger partial charge in [-0.05, 0) is 55.4 Å². The smallest absolute Gasteiger partial charge is 0.335 e. The van der Waals surface area contributed by atoms with Crippen molar-refractivity contribution in [1.29, 1.82) is 0 Å². The number of anilines is 1. The molecule has 2 amide bonds. The Kier molecular flexibility index (Phi) is 9.75. The number of fused-ring (bicyclic) bond motifs is 1. The molecule has 0 radical (unpaired) electrons. The Morgan fingerprint density at radius 1 is 1.07 bits per heavy atom. The quantitative estimate of drug-likeness (QED) is 0.345. The Hall–Kier alpha value is -4.21. The van der Waals surface area contributed by atoms with Crippen LogP contribution in [0, 0.1) is 5.92 Å². The highest BCUT2D eigenvalue weighted by Gasteiger charge is 2.33. The van der Waals surface area contributed by atoms with Crippen LogP contribution >= 0.6 is 0 Å². The third kappa shape index (κ3) is 7.71. The Labute approximate surface area is 240 Å². The van der Waals surface area contributed by atoms with E-state index in [1.807, 2.05) is 44.3 Å². The molecule has 1 aliphatic heterocycles. The summed E-state index contributed by atoms with van der Waals surface area (Å²) in [6.07, 6.45) is -0.0712. The highest BCUT2D eigenvalue weighted by Crippen LogP contribution is 2.31. The van der Waals surface area contributed by atoms with Crippen molar-refractivity contribution >= 4 is 23.5 Å². The number of nitrogens with one attached hydrogen (secondary N) is 1. The standard InChI is InChI=1S/C32H37N3O6/c1-21-17-35(22(2)20-36)31(38)27-16-26(33-30(37)15-23-7-5-4-6-8-23)13-14-28(27)41-29(21)19-34(3)18-24-9-11-25(12-10-24)32(39)40/h4-14,16,21-22,29,36H,15,17-20H2,1-3H3,(H,33,37)(H,39,40)/t21-,22-,29+/m0/s1. The number of aliphatic hydroxyl groups is 1. The van der Waals surface area contributed by atoms with Crippen molar-refractivity contribution in [3.8, 4) is 5.75 Å². The van der Waals surface area contributed by atoms with Gasteiger partial charge in [0.25, 0.3) is 5.91 Å². The number of ether oxygens (including phenoxy) is 1. The van der Waals surface area contributed by atoms with Crippen molar-refractivity contribution in [2.45, 2.75) is 39.0 Å². The minimum atomic E-state index is -0.963. The summed E-state index contributed by atoms with van der Waals surface area (Å²) in [5, 5.41) is 22.0. The molecule has 9 heteroatoms. The van der Waals surface area contributed by atoms with Gasteiger partial charge in [0.2, 0.25) is 5.91 Å². The molecule has 1 heterocycles. The molecule has 3 atom stereocenters. The maximum atomic E-state index is 13.7. The number of rotatable bonds is 10. The van der Waals surface area contributed by atoms with E-state index in [0.717, 1.165) is 11.1 Å². The second kappa shape index (κ2) is 13.4. The molecule has 0 bridgehead atoms. The van der Waals surface area contributed by atoms with Crippen molar-refractivity contribution < 1.29 is 29.3 Å². The van der Waals surface area contributed by atoms with E-state index in [0.29, 0.717) is 36.6 Å². The van der Waals surface area contributed by atoms with E-state index < -0.39 is 12.0 Å². The highest BCUT2D eigenvalue weighted by atomic mass is 16.5. The molecule has 0 aliphatic carbocycles. The van der Waals surface area contributed by atoms with Crippen LogP contribution in [-0.4, -0.2) is 76.7 Å². The van der Waals surface area contributed by atoms with Crippen molar-refractivity contribution in [2.24, 2.45) is 5.92 Å². The summed E-state index contributed by atoms with van der Waals surface area (Å²) in [5.41, 5.74) is 2.91. The summed E-state index contributed by atoms with van der Waals surface area (Å²) in [5.74, 6) is -1.06. The lowest BCUT2D eigenvalue weighted by molar-refractivity contribution is -0.115. The van der Waals surface area contributed by atoms with Gasteiger partial charge in [-0.25, -0.2) is 4.79 Å². The van der Waals surface area contributed by atoms with Gasteiger partial charge in [-0.3, -0.25) is 14.5 Å². The minimum Gasteiger partial charge on any atom is -0.488 e. The summed E-state index contributed by atoms with van der Waals surface area (Å²) in [6.45, 7) is 5.16. The van der Waals surface area contributed by atoms with Crippen LogP contribution < -0.4 is 10.1 Å². The largest absolute Gasteiger partial charge is 0.488 e. The number of nitrogens with zero attached hydrogens (tertiary/aromatic N) is 2. The van der Waals surface area contributed by atoms with Gasteiger partial charge in [0.15, 0.2) is 0 Å². The molecule has 216 valence electrons. The molecule has 9 nitrogen and oxygen atoms in total. The maximum absolute atomic E-state index is 13.7. The molecule has 0 fully saturated rings. The van der Waals surface area contributed by atoms with Gasteiger partial charge in [-0.1, -0.05) is 49.4 Å². The first-order chi connectivity index (χ1) is 19.6. The number of carboxylic acids is 1. The first-order valence-electron chi connectivity index (χ1n) is 13.7. The zero-order chi connectivity index (χ0) is 29.5. The maximum Gasteiger partial charge on any atom is 0.335 e. The number of benzene rings is 3. The monoisotopic (exact) mass is 559 g/mol. The molecule has 0 saturated carbocycles. The second-order valence-electron chi connectivity index (χ2n) is 10.7. The van der Waals surface area contributed by atoms with Gasteiger partial charge < -0.3 is 25.2 Å². The normalized spacial score (nSPS) is 17.7. The lowest BCUT2D eigenvalue weighted by atomic mass is 9.99. The lowest BCUT2D eigenvalue weighted by Crippen LogP contribution is -2.49. The van der Waals surface area contributed by atoms with E-state index in [4.69, 9.17) is 9.84 Å². The number of aromatic carboxylic acids is 1. The van der Waals surface area contributed by atoms with Gasteiger partial charge in [0, 0.05) is 31.2 Å². The topological polar surface area (TPSA) is 119 Å². The molecule has 0 unspecified atom stereocenters. The molecule has 3 aromatic carbocycles. The Bertz CT molecular complexity index is 1360. The summed E-state index contributed by atoms with van der Waals surface area (Å²) >= 11 is 0. The van der Waals surface area contributed by atoms with Crippen LogP contribution in [0.25, 0.3) is 0 Å². The molecular weight excluding hydrogens is 522 g/mol. The molecule has 3 aromatic rings. The molecule has 41 heavy (non-hydrogen) atoms. The third-order valence-electron chi connectivity index (χ3n) is 7.30. The summed E-state index contributed by atoms with van der Waals surface area (Å²) in [6, 6.07) is 20.9. The number of carboxylic acid groups (broad SMARTS) is 1. The number of hydrogen-bond acceptors (Lipinski definition) is 6. The van der Waals surface area contributed by atoms with Gasteiger partial charge in [-0.15, -0.1) is 0 Å². The molecular formula is C32H37N3O6. The molecule has 3 N–H and O–H groups in total. The van der Waals surface area contributed by atoms with Gasteiger partial charge in [-0.2, -0.15) is 0 Å². The van der Waals surface area contributed by atoms with Gasteiger partial charge in [0.05, 0.1) is 30.2 Å². The van der Waals surface area contributed by atoms with Crippen molar-refractivity contribution in [3.05, 3.63) is 95.1 Å². The first kappa shape index (κ1) is 29.8. The van der Waals surface area contributed by atoms with E-state index >= 15 is 0 Å². The predicted molar refractivity (Wildman–Crippen MR) is 156 cm³/mol. The van der Waals surface area contributed by atoms with Crippen molar-refractivity contribution in [1.82, 2.24) is 9.80 Å². The molecule has 1 aliphatic rings. The highest BCUT2D eigenvalue weighted by molar-refractivity contribution is 6.00. The van der Waals surface area contributed by atoms with Crippen LogP contribution in [0.4, 0.5) is 5.69 Å². The van der Waals surface area contributed by atoms with E-state index in [9.17, 15) is 19.5 Å². The zero-order valence-electron chi connectivity index (χ0n) is 23.6. The van der Waals surface area contributed by atoms with Gasteiger partial charge >= 0.3 is 5.97 Å². The number of hydrogen-bond donors (Lipinski definition) is 3. The van der Waals surface area contributed by atoms with Crippen LogP contribution in [0.2, 0.25) is 0 Å². The minimum absolute atomic E-state index is 0.0526. The number of carbonyl (C=O) groups is 3. The van der Waals surface area contributed by atoms with Crippen molar-refractivity contribution in [3.63, 3.8) is 0 Å². The van der Waals surface area contributed by atoms with Gasteiger partial charge in [0.1, 0.15) is 11.9 Å². The average Bonchev–Trinajstić information content (AvgIpc) is 2.95. The van der Waals surface area contributed by atoms with E-state index in [1.165, 1.54) is 0 Å². The zero-order valence-corrected chi connectivity index (χ0v) is 23.6. The van der Waals surface area contributed by atoms with Crippen LogP contribution in [0.5, 0.6) is 5.75 Å². The summed E-state index contributed by atoms with van der Waals surface area (Å²) < 4.78 is 6.45. The molecule has 0 aromatic heterocycles. The van der Waals surface area contributed by atoms with E-state index in [2.05, 4.69) is 10.2 Å². The fraction of sp³-hybridized carbons (Fsp3) is 0.344.